The van der Waals surface area contributed by atoms with Gasteiger partial charge < -0.3 is 14.8 Å². The van der Waals surface area contributed by atoms with E-state index in [1.54, 1.807) is 31.2 Å². The Morgan fingerprint density at radius 2 is 1.88 bits per heavy atom. The molecule has 6 nitrogen and oxygen atoms in total. The van der Waals surface area contributed by atoms with Crippen LogP contribution in [-0.2, 0) is 17.6 Å². The number of carbonyl (C=O) groups excluding carboxylic acids is 2. The van der Waals surface area contributed by atoms with E-state index in [9.17, 15) is 9.59 Å². The number of amides is 1. The number of fused-ring (bicyclic) bond motifs is 1. The average Bonchev–Trinajstić information content (AvgIpc) is 3.34. The normalized spacial score (nSPS) is 12.2. The van der Waals surface area contributed by atoms with Crippen molar-refractivity contribution in [1.82, 2.24) is 5.32 Å². The minimum Gasteiger partial charge on any atom is -0.494 e. The van der Waals surface area contributed by atoms with Crippen LogP contribution in [0.2, 0.25) is 0 Å². The fourth-order valence-corrected chi connectivity index (χ4v) is 5.18. The van der Waals surface area contributed by atoms with Gasteiger partial charge in [-0.05, 0) is 74.7 Å². The molecule has 0 unspecified atom stereocenters. The van der Waals surface area contributed by atoms with Crippen LogP contribution in [0, 0.1) is 0 Å². The molecule has 1 aromatic carbocycles. The third kappa shape index (κ3) is 6.29. The van der Waals surface area contributed by atoms with Gasteiger partial charge in [0.15, 0.2) is 5.11 Å². The molecule has 1 aromatic heterocycles. The first-order valence-electron chi connectivity index (χ1n) is 11.2. The highest BCUT2D eigenvalue weighted by Crippen LogP contribution is 2.39. The minimum absolute atomic E-state index is 0.150. The Kier molecular flexibility index (Phi) is 9.05. The van der Waals surface area contributed by atoms with Gasteiger partial charge in [0.25, 0.3) is 5.91 Å². The molecule has 0 fully saturated rings. The van der Waals surface area contributed by atoms with Gasteiger partial charge in [-0.2, -0.15) is 0 Å². The van der Waals surface area contributed by atoms with Crippen molar-refractivity contribution >= 4 is 45.5 Å². The average molecular weight is 475 g/mol. The SMILES string of the molecule is CCCCCCOc1ccc(C(=O)NC(=S)Nc2sc3c(c2C(=O)OCC)CCC3)cc1. The first kappa shape index (κ1) is 24.2. The summed E-state index contributed by atoms with van der Waals surface area (Å²) in [5, 5.41) is 6.50. The number of unbranched alkanes of at least 4 members (excludes halogenated alkanes) is 3. The maximum atomic E-state index is 12.6. The van der Waals surface area contributed by atoms with Gasteiger partial charge >= 0.3 is 5.97 Å². The summed E-state index contributed by atoms with van der Waals surface area (Å²) in [4.78, 5) is 26.2. The number of esters is 1. The molecular weight excluding hydrogens is 444 g/mol. The molecule has 1 amide bonds. The topological polar surface area (TPSA) is 76.7 Å². The van der Waals surface area contributed by atoms with E-state index in [0.29, 0.717) is 29.3 Å². The molecule has 0 aliphatic heterocycles. The summed E-state index contributed by atoms with van der Waals surface area (Å²) < 4.78 is 10.9. The number of benzene rings is 1. The van der Waals surface area contributed by atoms with E-state index in [4.69, 9.17) is 21.7 Å². The van der Waals surface area contributed by atoms with Crippen LogP contribution in [-0.4, -0.2) is 30.2 Å². The number of aryl methyl sites for hydroxylation is 1. The van der Waals surface area contributed by atoms with Crippen molar-refractivity contribution in [1.29, 1.82) is 0 Å². The zero-order valence-electron chi connectivity index (χ0n) is 18.6. The van der Waals surface area contributed by atoms with Crippen LogP contribution in [0.3, 0.4) is 0 Å². The molecule has 1 heterocycles. The number of hydrogen-bond acceptors (Lipinski definition) is 6. The largest absolute Gasteiger partial charge is 0.494 e. The second-order valence-corrected chi connectivity index (χ2v) is 9.14. The van der Waals surface area contributed by atoms with Crippen molar-refractivity contribution in [3.63, 3.8) is 0 Å². The van der Waals surface area contributed by atoms with Crippen LogP contribution in [0.25, 0.3) is 0 Å². The molecule has 3 rings (SSSR count). The summed E-state index contributed by atoms with van der Waals surface area (Å²) in [7, 11) is 0. The van der Waals surface area contributed by atoms with Crippen LogP contribution in [0.5, 0.6) is 5.75 Å². The molecule has 1 aliphatic carbocycles. The Bertz CT molecular complexity index is 954. The summed E-state index contributed by atoms with van der Waals surface area (Å²) in [5.74, 6) is 0.0681. The molecular formula is C24H30N2O4S2. The van der Waals surface area contributed by atoms with Crippen molar-refractivity contribution in [2.45, 2.75) is 58.8 Å². The Morgan fingerprint density at radius 3 is 2.59 bits per heavy atom. The van der Waals surface area contributed by atoms with Gasteiger partial charge in [-0.1, -0.05) is 26.2 Å². The zero-order chi connectivity index (χ0) is 22.9. The van der Waals surface area contributed by atoms with Gasteiger partial charge in [-0.15, -0.1) is 11.3 Å². The Morgan fingerprint density at radius 1 is 1.09 bits per heavy atom. The van der Waals surface area contributed by atoms with Crippen LogP contribution < -0.4 is 15.4 Å². The van der Waals surface area contributed by atoms with Crippen molar-refractivity contribution < 1.29 is 19.1 Å². The van der Waals surface area contributed by atoms with E-state index < -0.39 is 0 Å². The lowest BCUT2D eigenvalue weighted by Gasteiger charge is -2.11. The quantitative estimate of drug-likeness (QED) is 0.269. The summed E-state index contributed by atoms with van der Waals surface area (Å²) in [5.41, 5.74) is 2.06. The lowest BCUT2D eigenvalue weighted by molar-refractivity contribution is 0.0527. The Hall–Kier alpha value is -2.45. The summed E-state index contributed by atoms with van der Waals surface area (Å²) in [6.07, 6.45) is 7.43. The predicted octanol–water partition coefficient (Wildman–Crippen LogP) is 5.50. The number of ether oxygens (including phenoxy) is 2. The van der Waals surface area contributed by atoms with E-state index in [1.807, 2.05) is 0 Å². The molecule has 0 spiro atoms. The second-order valence-electron chi connectivity index (χ2n) is 7.62. The van der Waals surface area contributed by atoms with Crippen molar-refractivity contribution in [2.75, 3.05) is 18.5 Å². The molecule has 32 heavy (non-hydrogen) atoms. The summed E-state index contributed by atoms with van der Waals surface area (Å²) in [6.45, 7) is 4.94. The molecule has 1 aliphatic rings. The van der Waals surface area contributed by atoms with Crippen molar-refractivity contribution in [3.8, 4) is 5.75 Å². The fourth-order valence-electron chi connectivity index (χ4n) is 3.64. The van der Waals surface area contributed by atoms with Crippen LogP contribution in [0.4, 0.5) is 5.00 Å². The van der Waals surface area contributed by atoms with Gasteiger partial charge in [-0.25, -0.2) is 4.79 Å². The van der Waals surface area contributed by atoms with Gasteiger partial charge in [0, 0.05) is 10.4 Å². The highest BCUT2D eigenvalue weighted by Gasteiger charge is 2.28. The van der Waals surface area contributed by atoms with E-state index in [2.05, 4.69) is 17.6 Å². The number of thiophene rings is 1. The Balaban J connectivity index is 1.56. The maximum absolute atomic E-state index is 12.6. The van der Waals surface area contributed by atoms with Crippen molar-refractivity contribution in [3.05, 3.63) is 45.8 Å². The zero-order valence-corrected chi connectivity index (χ0v) is 20.3. The molecule has 0 saturated carbocycles. The molecule has 0 saturated heterocycles. The summed E-state index contributed by atoms with van der Waals surface area (Å²) >= 11 is 6.84. The van der Waals surface area contributed by atoms with Crippen LogP contribution in [0.15, 0.2) is 24.3 Å². The maximum Gasteiger partial charge on any atom is 0.341 e. The van der Waals surface area contributed by atoms with Gasteiger partial charge in [-0.3, -0.25) is 10.1 Å². The van der Waals surface area contributed by atoms with Gasteiger partial charge in [0.2, 0.25) is 0 Å². The highest BCUT2D eigenvalue weighted by molar-refractivity contribution is 7.80. The van der Waals surface area contributed by atoms with Crippen molar-refractivity contribution in [2.24, 2.45) is 0 Å². The third-order valence-corrected chi connectivity index (χ3v) is 6.65. The molecule has 0 atom stereocenters. The van der Waals surface area contributed by atoms with Gasteiger partial charge in [0.05, 0.1) is 18.8 Å². The third-order valence-electron chi connectivity index (χ3n) is 5.24. The Labute approximate surface area is 198 Å². The van der Waals surface area contributed by atoms with Crippen LogP contribution >= 0.6 is 23.6 Å². The smallest absolute Gasteiger partial charge is 0.341 e. The van der Waals surface area contributed by atoms with Gasteiger partial charge in [0.1, 0.15) is 10.8 Å². The highest BCUT2D eigenvalue weighted by atomic mass is 32.1. The first-order valence-corrected chi connectivity index (χ1v) is 12.4. The second kappa shape index (κ2) is 12.0. The number of rotatable bonds is 10. The summed E-state index contributed by atoms with van der Waals surface area (Å²) in [6, 6.07) is 6.99. The number of thiocarbonyl (C=S) groups is 1. The number of anilines is 1. The monoisotopic (exact) mass is 474 g/mol. The lowest BCUT2D eigenvalue weighted by atomic mass is 10.1. The van der Waals surface area contributed by atoms with E-state index in [1.165, 1.54) is 29.1 Å². The molecule has 8 heteroatoms. The first-order chi connectivity index (χ1) is 15.5. The number of nitrogens with one attached hydrogen (secondary N) is 2. The molecule has 2 N–H and O–H groups in total. The predicted molar refractivity (Wildman–Crippen MR) is 132 cm³/mol. The van der Waals surface area contributed by atoms with E-state index in [0.717, 1.165) is 43.4 Å². The van der Waals surface area contributed by atoms with E-state index >= 15 is 0 Å². The standard InChI is InChI=1S/C24H30N2O4S2/c1-3-5-6-7-15-30-17-13-11-16(12-14-17)21(27)25-24(31)26-22-20(23(28)29-4-2)18-9-8-10-19(18)32-22/h11-14H,3-10,15H2,1-2H3,(H2,25,26,27,31). The molecule has 172 valence electrons. The lowest BCUT2D eigenvalue weighted by Crippen LogP contribution is -2.34. The molecule has 0 bridgehead atoms. The molecule has 0 radical (unpaired) electrons. The van der Waals surface area contributed by atoms with E-state index in [-0.39, 0.29) is 17.0 Å². The molecule has 2 aromatic rings. The fraction of sp³-hybridized carbons (Fsp3) is 0.458. The number of hydrogen-bond donors (Lipinski definition) is 2. The number of carbonyl (C=O) groups is 2. The van der Waals surface area contributed by atoms with Crippen LogP contribution in [0.1, 0.15) is 77.1 Å². The minimum atomic E-state index is -0.353.